The summed E-state index contributed by atoms with van der Waals surface area (Å²) in [5.74, 6) is 5.51. The number of hydrogen-bond donors (Lipinski definition) is 4. The molecule has 8 heteroatoms. The van der Waals surface area contributed by atoms with Crippen LogP contribution in [0.15, 0.2) is 4.99 Å². The molecule has 1 amide bonds. The maximum Gasteiger partial charge on any atom is 0.244 e. The molecule has 2 unspecified atom stereocenters. The van der Waals surface area contributed by atoms with Gasteiger partial charge in [-0.15, -0.1) is 0 Å². The fraction of sp³-hybridized carbons (Fsp3) is 0.818. The number of hydrazine groups is 1. The van der Waals surface area contributed by atoms with E-state index in [4.69, 9.17) is 15.3 Å². The second-order valence-electron chi connectivity index (χ2n) is 4.08. The summed E-state index contributed by atoms with van der Waals surface area (Å²) in [5, 5.41) is 5.70. The van der Waals surface area contributed by atoms with Gasteiger partial charge in [-0.2, -0.15) is 0 Å². The van der Waals surface area contributed by atoms with Gasteiger partial charge in [0.25, 0.3) is 0 Å². The van der Waals surface area contributed by atoms with Crippen molar-refractivity contribution < 1.29 is 14.3 Å². The number of guanidine groups is 1. The third-order valence-corrected chi connectivity index (χ3v) is 2.24. The van der Waals surface area contributed by atoms with E-state index in [-0.39, 0.29) is 11.9 Å². The van der Waals surface area contributed by atoms with Crippen molar-refractivity contribution in [2.24, 2.45) is 10.8 Å². The molecule has 0 radical (unpaired) electrons. The zero-order valence-electron chi connectivity index (χ0n) is 12.0. The first-order valence-electron chi connectivity index (χ1n) is 6.11. The third kappa shape index (κ3) is 8.36. The van der Waals surface area contributed by atoms with Gasteiger partial charge in [0.1, 0.15) is 6.04 Å². The normalized spacial score (nSPS) is 14.7. The highest BCUT2D eigenvalue weighted by atomic mass is 16.5. The number of rotatable bonds is 8. The van der Waals surface area contributed by atoms with Crippen LogP contribution < -0.4 is 21.9 Å². The van der Waals surface area contributed by atoms with Crippen LogP contribution >= 0.6 is 0 Å². The number of nitrogens with two attached hydrogens (primary N) is 1. The molecule has 0 spiro atoms. The van der Waals surface area contributed by atoms with Crippen LogP contribution in [-0.4, -0.2) is 57.9 Å². The average Bonchev–Trinajstić information content (AvgIpc) is 2.38. The fourth-order valence-corrected chi connectivity index (χ4v) is 1.32. The Morgan fingerprint density at radius 3 is 2.53 bits per heavy atom. The summed E-state index contributed by atoms with van der Waals surface area (Å²) in [6.07, 6.45) is 0. The minimum absolute atomic E-state index is 0.0311. The lowest BCUT2D eigenvalue weighted by molar-refractivity contribution is -0.122. The third-order valence-electron chi connectivity index (χ3n) is 2.24. The first-order chi connectivity index (χ1) is 9.04. The second kappa shape index (κ2) is 10.5. The van der Waals surface area contributed by atoms with Crippen molar-refractivity contribution in [3.8, 4) is 0 Å². The van der Waals surface area contributed by atoms with Gasteiger partial charge in [0, 0.05) is 26.8 Å². The van der Waals surface area contributed by atoms with E-state index in [1.54, 1.807) is 21.1 Å². The Kier molecular flexibility index (Phi) is 9.77. The predicted molar refractivity (Wildman–Crippen MR) is 73.6 cm³/mol. The maximum atomic E-state index is 11.7. The van der Waals surface area contributed by atoms with Crippen LogP contribution in [0, 0.1) is 0 Å². The van der Waals surface area contributed by atoms with Gasteiger partial charge in [0.2, 0.25) is 11.9 Å². The summed E-state index contributed by atoms with van der Waals surface area (Å²) < 4.78 is 9.83. The number of nitrogens with one attached hydrogen (secondary N) is 3. The van der Waals surface area contributed by atoms with Crippen LogP contribution in [0.2, 0.25) is 0 Å². The molecule has 0 aromatic rings. The maximum absolute atomic E-state index is 11.7. The summed E-state index contributed by atoms with van der Waals surface area (Å²) in [4.78, 5) is 15.8. The van der Waals surface area contributed by atoms with Gasteiger partial charge in [-0.25, -0.2) is 10.8 Å². The first-order valence-corrected chi connectivity index (χ1v) is 6.11. The zero-order valence-corrected chi connectivity index (χ0v) is 12.0. The molecular weight excluding hydrogens is 250 g/mol. The van der Waals surface area contributed by atoms with Gasteiger partial charge in [0.05, 0.1) is 13.2 Å². The molecule has 8 nitrogen and oxygen atoms in total. The zero-order chi connectivity index (χ0) is 14.7. The lowest BCUT2D eigenvalue weighted by Gasteiger charge is -2.17. The first kappa shape index (κ1) is 17.6. The largest absolute Gasteiger partial charge is 0.383 e. The van der Waals surface area contributed by atoms with E-state index in [2.05, 4.69) is 21.1 Å². The summed E-state index contributed by atoms with van der Waals surface area (Å²) in [6, 6.07) is -0.520. The Balaban J connectivity index is 4.30. The predicted octanol–water partition coefficient (Wildman–Crippen LogP) is -1.42. The number of nitrogens with zero attached hydrogens (tertiary/aromatic N) is 1. The molecule has 2 atom stereocenters. The summed E-state index contributed by atoms with van der Waals surface area (Å²) in [6.45, 7) is 5.03. The van der Waals surface area contributed by atoms with Gasteiger partial charge < -0.3 is 20.1 Å². The molecule has 0 saturated carbocycles. The Morgan fingerprint density at radius 1 is 1.32 bits per heavy atom. The van der Waals surface area contributed by atoms with Gasteiger partial charge in [-0.1, -0.05) is 0 Å². The Labute approximate surface area is 114 Å². The van der Waals surface area contributed by atoms with E-state index >= 15 is 0 Å². The smallest absolute Gasteiger partial charge is 0.244 e. The molecule has 0 aliphatic rings. The molecule has 0 fully saturated rings. The molecule has 0 heterocycles. The van der Waals surface area contributed by atoms with Gasteiger partial charge >= 0.3 is 0 Å². The van der Waals surface area contributed by atoms with E-state index in [1.807, 2.05) is 6.92 Å². The number of hydrogen-bond acceptors (Lipinski definition) is 5. The molecule has 0 saturated heterocycles. The number of carbonyl (C=O) groups is 1. The quantitative estimate of drug-likeness (QED) is 0.142. The minimum Gasteiger partial charge on any atom is -0.383 e. The van der Waals surface area contributed by atoms with E-state index in [0.717, 1.165) is 0 Å². The summed E-state index contributed by atoms with van der Waals surface area (Å²) >= 11 is 0. The molecule has 0 aromatic heterocycles. The lowest BCUT2D eigenvalue weighted by Crippen LogP contribution is -2.48. The highest BCUT2D eigenvalue weighted by Gasteiger charge is 2.13. The van der Waals surface area contributed by atoms with Crippen LogP contribution in [0.3, 0.4) is 0 Å². The highest BCUT2D eigenvalue weighted by Crippen LogP contribution is 1.91. The number of methoxy groups -OCH3 is 2. The van der Waals surface area contributed by atoms with Crippen molar-refractivity contribution >= 4 is 11.9 Å². The van der Waals surface area contributed by atoms with Gasteiger partial charge in [-0.3, -0.25) is 10.2 Å². The van der Waals surface area contributed by atoms with Crippen molar-refractivity contribution in [1.82, 2.24) is 16.1 Å². The van der Waals surface area contributed by atoms with E-state index in [9.17, 15) is 4.79 Å². The Morgan fingerprint density at radius 2 is 2.00 bits per heavy atom. The summed E-state index contributed by atoms with van der Waals surface area (Å²) in [7, 11) is 3.18. The molecule has 5 N–H and O–H groups in total. The number of carbonyl (C=O) groups excluding carboxylic acids is 1. The molecule has 0 aliphatic heterocycles. The highest BCUT2D eigenvalue weighted by molar-refractivity contribution is 5.86. The Bertz CT molecular complexity index is 286. The standard InChI is InChI=1S/C11H25N5O3/c1-8(7-19-4)14-11(16-12)15-9(2)10(17)13-5-6-18-3/h8-9H,5-7,12H2,1-4H3,(H,13,17)(H2,14,15,16). The number of aliphatic imine (C=N–C) groups is 1. The van der Waals surface area contributed by atoms with Crippen LogP contribution in [0.1, 0.15) is 13.8 Å². The molecule has 0 rings (SSSR count). The van der Waals surface area contributed by atoms with Crippen LogP contribution in [-0.2, 0) is 14.3 Å². The van der Waals surface area contributed by atoms with Crippen molar-refractivity contribution in [3.05, 3.63) is 0 Å². The van der Waals surface area contributed by atoms with Crippen LogP contribution in [0.4, 0.5) is 0 Å². The topological polar surface area (TPSA) is 110 Å². The van der Waals surface area contributed by atoms with Crippen molar-refractivity contribution in [3.63, 3.8) is 0 Å². The number of ether oxygens (including phenoxy) is 2. The fourth-order valence-electron chi connectivity index (χ4n) is 1.32. The molecule has 19 heavy (non-hydrogen) atoms. The second-order valence-corrected chi connectivity index (χ2v) is 4.08. The van der Waals surface area contributed by atoms with Crippen molar-refractivity contribution in [2.75, 3.05) is 34.0 Å². The molecule has 0 bridgehead atoms. The molecule has 0 aliphatic carbocycles. The van der Waals surface area contributed by atoms with Crippen LogP contribution in [0.5, 0.6) is 0 Å². The monoisotopic (exact) mass is 275 g/mol. The van der Waals surface area contributed by atoms with E-state index in [1.165, 1.54) is 0 Å². The van der Waals surface area contributed by atoms with Crippen LogP contribution in [0.25, 0.3) is 0 Å². The Hall–Kier alpha value is -1.38. The van der Waals surface area contributed by atoms with Crippen molar-refractivity contribution in [1.29, 1.82) is 0 Å². The van der Waals surface area contributed by atoms with Gasteiger partial charge in [-0.05, 0) is 13.8 Å². The summed E-state index contributed by atoms with van der Waals surface area (Å²) in [5.41, 5.74) is 2.42. The minimum atomic E-state index is -0.551. The molecule has 112 valence electrons. The average molecular weight is 275 g/mol. The number of amides is 1. The SMILES string of the molecule is COCCNC(=O)C(C)N=C(NN)NC(C)COC. The molecule has 0 aromatic carbocycles. The van der Waals surface area contributed by atoms with E-state index < -0.39 is 6.04 Å². The van der Waals surface area contributed by atoms with E-state index in [0.29, 0.717) is 25.7 Å². The van der Waals surface area contributed by atoms with Crippen molar-refractivity contribution in [2.45, 2.75) is 25.9 Å². The van der Waals surface area contributed by atoms with Gasteiger partial charge in [0.15, 0.2) is 0 Å². The molecular formula is C11H25N5O3. The lowest BCUT2D eigenvalue weighted by atomic mass is 10.3.